The number of fused-ring (bicyclic) bond motifs is 1. The zero-order valence-electron chi connectivity index (χ0n) is 15.7. The summed E-state index contributed by atoms with van der Waals surface area (Å²) in [5.41, 5.74) is 2.25. The Kier molecular flexibility index (Phi) is 5.34. The Balaban J connectivity index is 1.57. The molecule has 1 aliphatic rings. The highest BCUT2D eigenvalue weighted by Crippen LogP contribution is 2.32. The molecule has 0 radical (unpaired) electrons. The molecule has 0 fully saturated rings. The van der Waals surface area contributed by atoms with Crippen molar-refractivity contribution in [2.75, 3.05) is 11.4 Å². The first-order valence-electron chi connectivity index (χ1n) is 9.33. The van der Waals surface area contributed by atoms with E-state index >= 15 is 0 Å². The summed E-state index contributed by atoms with van der Waals surface area (Å²) in [5.74, 6) is 1.37. The fraction of sp³-hybridized carbons (Fsp3) is 0.286. The quantitative estimate of drug-likeness (QED) is 0.463. The molecule has 1 amide bonds. The van der Waals surface area contributed by atoms with Crippen LogP contribution in [-0.2, 0) is 17.8 Å². The van der Waals surface area contributed by atoms with Gasteiger partial charge in [-0.25, -0.2) is 0 Å². The maximum Gasteiger partial charge on any atom is 0.240 e. The van der Waals surface area contributed by atoms with Gasteiger partial charge in [0.15, 0.2) is 10.9 Å². The van der Waals surface area contributed by atoms with Crippen molar-refractivity contribution in [3.05, 3.63) is 60.9 Å². The number of aromatic nitrogens is 3. The lowest BCUT2D eigenvalue weighted by atomic mass is 10.0. The lowest BCUT2D eigenvalue weighted by Gasteiger charge is -2.31. The summed E-state index contributed by atoms with van der Waals surface area (Å²) in [6.07, 6.45) is 5.39. The van der Waals surface area contributed by atoms with Crippen molar-refractivity contribution in [3.8, 4) is 11.6 Å². The van der Waals surface area contributed by atoms with E-state index in [0.717, 1.165) is 25.1 Å². The molecule has 0 bridgehead atoms. The van der Waals surface area contributed by atoms with E-state index in [1.807, 2.05) is 46.7 Å². The summed E-state index contributed by atoms with van der Waals surface area (Å²) in [6.45, 7) is 7.03. The Bertz CT molecular complexity index is 980. The van der Waals surface area contributed by atoms with E-state index in [0.29, 0.717) is 23.3 Å². The van der Waals surface area contributed by atoms with Crippen LogP contribution in [0.3, 0.4) is 0 Å². The Morgan fingerprint density at radius 3 is 2.96 bits per heavy atom. The number of rotatable bonds is 6. The van der Waals surface area contributed by atoms with Gasteiger partial charge in [0, 0.05) is 18.8 Å². The first-order valence-corrected chi connectivity index (χ1v) is 10.2. The number of carbonyl (C=O) groups is 1. The second-order valence-corrected chi connectivity index (χ2v) is 7.97. The van der Waals surface area contributed by atoms with Gasteiger partial charge in [-0.3, -0.25) is 9.36 Å². The van der Waals surface area contributed by atoms with E-state index in [4.69, 9.17) is 4.42 Å². The predicted octanol–water partition coefficient (Wildman–Crippen LogP) is 4.18. The van der Waals surface area contributed by atoms with Crippen molar-refractivity contribution in [1.82, 2.24) is 14.8 Å². The fourth-order valence-corrected chi connectivity index (χ4v) is 4.37. The van der Waals surface area contributed by atoms with Crippen LogP contribution in [0.5, 0.6) is 0 Å². The van der Waals surface area contributed by atoms with Crippen molar-refractivity contribution in [2.24, 2.45) is 0 Å². The molecule has 0 aliphatic carbocycles. The smallest absolute Gasteiger partial charge is 0.240 e. The highest BCUT2D eigenvalue weighted by atomic mass is 32.2. The first kappa shape index (κ1) is 18.6. The maximum atomic E-state index is 13.2. The van der Waals surface area contributed by atoms with Crippen LogP contribution in [-0.4, -0.2) is 32.5 Å². The average Bonchev–Trinajstić information content (AvgIpc) is 3.38. The van der Waals surface area contributed by atoms with Gasteiger partial charge in [-0.2, -0.15) is 0 Å². The van der Waals surface area contributed by atoms with Crippen LogP contribution in [0, 0.1) is 0 Å². The first-order chi connectivity index (χ1) is 13.7. The van der Waals surface area contributed by atoms with Gasteiger partial charge < -0.3 is 9.32 Å². The van der Waals surface area contributed by atoms with Crippen LogP contribution in [0.25, 0.3) is 11.6 Å². The van der Waals surface area contributed by atoms with Crippen LogP contribution in [0.4, 0.5) is 5.69 Å². The van der Waals surface area contributed by atoms with Gasteiger partial charge in [-0.1, -0.05) is 36.0 Å². The minimum atomic E-state index is -0.289. The standard InChI is InChI=1S/C21H22N4O2S/c1-3-12-25-19(18-11-7-14-27-18)22-23-21(25)28-15(2)20(26)24-13-6-9-16-8-4-5-10-17(16)24/h3-5,7-8,10-11,14-15H,1,6,9,12-13H2,2H3. The summed E-state index contributed by atoms with van der Waals surface area (Å²) < 4.78 is 7.39. The molecule has 3 heterocycles. The number of nitrogens with zero attached hydrogens (tertiary/aromatic N) is 4. The minimum Gasteiger partial charge on any atom is -0.461 e. The molecule has 6 nitrogen and oxygen atoms in total. The molecule has 1 aromatic carbocycles. The maximum absolute atomic E-state index is 13.2. The molecule has 2 aromatic heterocycles. The van der Waals surface area contributed by atoms with Crippen LogP contribution < -0.4 is 4.90 Å². The molecule has 0 saturated carbocycles. The van der Waals surface area contributed by atoms with Crippen molar-refractivity contribution in [1.29, 1.82) is 0 Å². The zero-order chi connectivity index (χ0) is 19.5. The van der Waals surface area contributed by atoms with Crippen molar-refractivity contribution < 1.29 is 9.21 Å². The zero-order valence-corrected chi connectivity index (χ0v) is 16.6. The number of carbonyl (C=O) groups excluding carboxylic acids is 1. The SMILES string of the molecule is C=CCn1c(SC(C)C(=O)N2CCCc3ccccc32)nnc1-c1ccco1. The molecule has 7 heteroatoms. The molecule has 28 heavy (non-hydrogen) atoms. The van der Waals surface area contributed by atoms with Crippen LogP contribution in [0.15, 0.2) is 64.9 Å². The highest BCUT2D eigenvalue weighted by Gasteiger charge is 2.28. The number of hydrogen-bond acceptors (Lipinski definition) is 5. The van der Waals surface area contributed by atoms with Gasteiger partial charge >= 0.3 is 0 Å². The van der Waals surface area contributed by atoms with Crippen LogP contribution in [0.1, 0.15) is 18.9 Å². The third-order valence-corrected chi connectivity index (χ3v) is 5.84. The molecule has 0 spiro atoms. The summed E-state index contributed by atoms with van der Waals surface area (Å²) in [4.78, 5) is 15.1. The summed E-state index contributed by atoms with van der Waals surface area (Å²) in [6, 6.07) is 11.8. The molecule has 1 atom stereocenters. The minimum absolute atomic E-state index is 0.0878. The molecular formula is C21H22N4O2S. The average molecular weight is 395 g/mol. The van der Waals surface area contributed by atoms with Crippen LogP contribution in [0.2, 0.25) is 0 Å². The summed E-state index contributed by atoms with van der Waals surface area (Å²) >= 11 is 1.41. The van der Waals surface area contributed by atoms with Gasteiger partial charge in [0.25, 0.3) is 0 Å². The number of benzene rings is 1. The molecule has 1 aliphatic heterocycles. The molecule has 0 N–H and O–H groups in total. The second-order valence-electron chi connectivity index (χ2n) is 6.66. The molecule has 4 rings (SSSR count). The van der Waals surface area contributed by atoms with E-state index in [-0.39, 0.29) is 11.2 Å². The number of furan rings is 1. The number of amides is 1. The number of allylic oxidation sites excluding steroid dienone is 1. The highest BCUT2D eigenvalue weighted by molar-refractivity contribution is 8.00. The van der Waals surface area contributed by atoms with Crippen molar-refractivity contribution >= 4 is 23.4 Å². The number of para-hydroxylation sites is 1. The van der Waals surface area contributed by atoms with Crippen molar-refractivity contribution in [3.63, 3.8) is 0 Å². The normalized spacial score (nSPS) is 14.5. The lowest BCUT2D eigenvalue weighted by Crippen LogP contribution is -2.40. The number of thioether (sulfide) groups is 1. The molecule has 144 valence electrons. The van der Waals surface area contributed by atoms with Crippen molar-refractivity contribution in [2.45, 2.75) is 36.7 Å². The van der Waals surface area contributed by atoms with Gasteiger partial charge in [0.05, 0.1) is 11.5 Å². The predicted molar refractivity (Wildman–Crippen MR) is 110 cm³/mol. The Labute approximate surface area is 168 Å². The van der Waals surface area contributed by atoms with Gasteiger partial charge in [-0.05, 0) is 43.5 Å². The second kappa shape index (κ2) is 8.06. The number of aryl methyl sites for hydroxylation is 1. The number of hydrogen-bond donors (Lipinski definition) is 0. The molecule has 3 aromatic rings. The van der Waals surface area contributed by atoms with E-state index in [2.05, 4.69) is 22.8 Å². The Hall–Kier alpha value is -2.80. The Morgan fingerprint density at radius 2 is 2.18 bits per heavy atom. The third kappa shape index (κ3) is 3.49. The fourth-order valence-electron chi connectivity index (χ4n) is 3.45. The van der Waals surface area contributed by atoms with E-state index < -0.39 is 0 Å². The monoisotopic (exact) mass is 394 g/mol. The van der Waals surface area contributed by atoms with E-state index in [1.165, 1.54) is 17.3 Å². The Morgan fingerprint density at radius 1 is 1.32 bits per heavy atom. The lowest BCUT2D eigenvalue weighted by molar-refractivity contribution is -0.117. The summed E-state index contributed by atoms with van der Waals surface area (Å²) in [5, 5.41) is 8.95. The third-order valence-electron chi connectivity index (χ3n) is 4.78. The van der Waals surface area contributed by atoms with Gasteiger partial charge in [-0.15, -0.1) is 16.8 Å². The van der Waals surface area contributed by atoms with E-state index in [1.54, 1.807) is 12.3 Å². The molecule has 1 unspecified atom stereocenters. The van der Waals surface area contributed by atoms with Crippen LogP contribution >= 0.6 is 11.8 Å². The topological polar surface area (TPSA) is 64.2 Å². The summed E-state index contributed by atoms with van der Waals surface area (Å²) in [7, 11) is 0. The largest absolute Gasteiger partial charge is 0.461 e. The van der Waals surface area contributed by atoms with Gasteiger partial charge in [0.1, 0.15) is 0 Å². The van der Waals surface area contributed by atoms with Gasteiger partial charge in [0.2, 0.25) is 11.7 Å². The van der Waals surface area contributed by atoms with E-state index in [9.17, 15) is 4.79 Å². The molecule has 0 saturated heterocycles. The number of anilines is 1. The molecular weight excluding hydrogens is 372 g/mol.